The number of carbonyl (C=O) groups is 1. The van der Waals surface area contributed by atoms with Crippen molar-refractivity contribution >= 4 is 45.6 Å². The number of thiocarbonyl (C=S) groups is 1. The Bertz CT molecular complexity index is 1160. The number of hydrogen-bond acceptors (Lipinski definition) is 5. The highest BCUT2D eigenvalue weighted by Gasteiger charge is 2.22. The summed E-state index contributed by atoms with van der Waals surface area (Å²) in [4.78, 5) is 16.2. The summed E-state index contributed by atoms with van der Waals surface area (Å²) in [6, 6.07) is 10.2. The van der Waals surface area contributed by atoms with E-state index in [2.05, 4.69) is 64.7 Å². The minimum absolute atomic E-state index is 0.136. The molecule has 0 unspecified atom stereocenters. The lowest BCUT2D eigenvalue weighted by molar-refractivity contribution is -0.126. The molecule has 1 aromatic heterocycles. The molecule has 0 atom stereocenters. The van der Waals surface area contributed by atoms with Crippen LogP contribution in [0.2, 0.25) is 0 Å². The lowest BCUT2D eigenvalue weighted by Crippen LogP contribution is -2.41. The van der Waals surface area contributed by atoms with Crippen LogP contribution in [-0.4, -0.2) is 39.1 Å². The zero-order valence-corrected chi connectivity index (χ0v) is 20.7. The molecule has 0 radical (unpaired) electrons. The van der Waals surface area contributed by atoms with Crippen molar-refractivity contribution in [3.63, 3.8) is 0 Å². The van der Waals surface area contributed by atoms with Gasteiger partial charge in [-0.3, -0.25) is 4.79 Å². The van der Waals surface area contributed by atoms with Gasteiger partial charge in [0.15, 0.2) is 5.11 Å². The van der Waals surface area contributed by atoms with E-state index >= 15 is 0 Å². The van der Waals surface area contributed by atoms with Gasteiger partial charge in [-0.1, -0.05) is 20.8 Å². The Morgan fingerprint density at radius 3 is 2.22 bits per heavy atom. The van der Waals surface area contributed by atoms with Crippen molar-refractivity contribution in [1.82, 2.24) is 20.3 Å². The fraction of sp³-hybridized carbons (Fsp3) is 0.417. The van der Waals surface area contributed by atoms with Crippen molar-refractivity contribution in [2.24, 2.45) is 5.41 Å². The van der Waals surface area contributed by atoms with Crippen LogP contribution in [0.5, 0.6) is 0 Å². The van der Waals surface area contributed by atoms with E-state index in [1.54, 1.807) is 4.80 Å². The van der Waals surface area contributed by atoms with Crippen LogP contribution in [0.1, 0.15) is 45.7 Å². The molecule has 0 saturated carbocycles. The van der Waals surface area contributed by atoms with Crippen LogP contribution < -0.4 is 15.5 Å². The zero-order valence-electron chi connectivity index (χ0n) is 19.9. The number of fused-ring (bicyclic) bond motifs is 1. The number of rotatable bonds is 5. The SMILES string of the molecule is CCN(CC)c1ccc(-n2nc3cc(C)c(NC(=S)NC(=O)C(C)(C)C)cc3n2)c(C)c1. The second kappa shape index (κ2) is 9.24. The van der Waals surface area contributed by atoms with E-state index in [1.807, 2.05) is 39.8 Å². The molecule has 8 heteroatoms. The molecule has 0 aliphatic heterocycles. The molecule has 1 heterocycles. The minimum Gasteiger partial charge on any atom is -0.372 e. The number of aryl methyl sites for hydroxylation is 2. The maximum absolute atomic E-state index is 12.2. The summed E-state index contributed by atoms with van der Waals surface area (Å²) in [7, 11) is 0. The molecule has 0 saturated heterocycles. The highest BCUT2D eigenvalue weighted by molar-refractivity contribution is 7.80. The molecule has 0 aliphatic carbocycles. The van der Waals surface area contributed by atoms with Crippen molar-refractivity contribution in [3.8, 4) is 5.69 Å². The molecule has 7 nitrogen and oxygen atoms in total. The number of carbonyl (C=O) groups excluding carboxylic acids is 1. The number of benzene rings is 2. The zero-order chi connectivity index (χ0) is 23.6. The van der Waals surface area contributed by atoms with Crippen LogP contribution >= 0.6 is 12.2 Å². The van der Waals surface area contributed by atoms with Crippen LogP contribution in [0.4, 0.5) is 11.4 Å². The van der Waals surface area contributed by atoms with Crippen molar-refractivity contribution in [2.45, 2.75) is 48.5 Å². The first-order chi connectivity index (χ1) is 15.0. The summed E-state index contributed by atoms with van der Waals surface area (Å²) in [6.07, 6.45) is 0. The molecule has 170 valence electrons. The Kier molecular flexibility index (Phi) is 6.83. The second-order valence-corrected chi connectivity index (χ2v) is 9.35. The Morgan fingerprint density at radius 1 is 1.03 bits per heavy atom. The quantitative estimate of drug-likeness (QED) is 0.545. The fourth-order valence-corrected chi connectivity index (χ4v) is 3.61. The Labute approximate surface area is 195 Å². The van der Waals surface area contributed by atoms with E-state index in [0.29, 0.717) is 0 Å². The molecule has 32 heavy (non-hydrogen) atoms. The molecule has 0 aliphatic rings. The monoisotopic (exact) mass is 452 g/mol. The molecular formula is C24H32N6OS. The molecule has 1 amide bonds. The van der Waals surface area contributed by atoms with Gasteiger partial charge >= 0.3 is 0 Å². The number of hydrogen-bond donors (Lipinski definition) is 2. The van der Waals surface area contributed by atoms with Gasteiger partial charge < -0.3 is 15.5 Å². The summed E-state index contributed by atoms with van der Waals surface area (Å²) in [5, 5.41) is 15.5. The third-order valence-electron chi connectivity index (χ3n) is 5.41. The minimum atomic E-state index is -0.522. The number of nitrogens with zero attached hydrogens (tertiary/aromatic N) is 4. The van der Waals surface area contributed by atoms with Gasteiger partial charge in [0.05, 0.1) is 5.69 Å². The van der Waals surface area contributed by atoms with Crippen molar-refractivity contribution in [1.29, 1.82) is 0 Å². The van der Waals surface area contributed by atoms with Gasteiger partial charge in [0.25, 0.3) is 0 Å². The predicted octanol–water partition coefficient (Wildman–Crippen LogP) is 4.74. The van der Waals surface area contributed by atoms with E-state index in [9.17, 15) is 4.79 Å². The first-order valence-electron chi connectivity index (χ1n) is 10.9. The average Bonchev–Trinajstić information content (AvgIpc) is 3.10. The summed E-state index contributed by atoms with van der Waals surface area (Å²) >= 11 is 5.33. The standard InChI is InChI=1S/C24H32N6OS/c1-8-29(9-2)17-10-11-21(16(4)12-17)30-27-19-13-15(3)18(14-20(19)28-30)25-23(32)26-22(31)24(5,6)7/h10-14H,8-9H2,1-7H3,(H2,25,26,31,32). The molecule has 3 rings (SSSR count). The van der Waals surface area contributed by atoms with E-state index in [0.717, 1.165) is 46.6 Å². The van der Waals surface area contributed by atoms with Gasteiger partial charge in [0.1, 0.15) is 11.0 Å². The Hall–Kier alpha value is -3.00. The number of anilines is 2. The van der Waals surface area contributed by atoms with E-state index in [-0.39, 0.29) is 11.0 Å². The number of aromatic nitrogens is 3. The van der Waals surface area contributed by atoms with Gasteiger partial charge in [0.2, 0.25) is 5.91 Å². The molecule has 2 N–H and O–H groups in total. The largest absolute Gasteiger partial charge is 0.372 e. The van der Waals surface area contributed by atoms with E-state index in [1.165, 1.54) is 5.69 Å². The van der Waals surface area contributed by atoms with Gasteiger partial charge in [-0.05, 0) is 81.4 Å². The lowest BCUT2D eigenvalue weighted by atomic mass is 9.96. The molecule has 0 spiro atoms. The number of nitrogens with one attached hydrogen (secondary N) is 2. The maximum Gasteiger partial charge on any atom is 0.231 e. The topological polar surface area (TPSA) is 75.1 Å². The highest BCUT2D eigenvalue weighted by atomic mass is 32.1. The first-order valence-corrected chi connectivity index (χ1v) is 11.3. The van der Waals surface area contributed by atoms with Gasteiger partial charge in [0, 0.05) is 29.9 Å². The second-order valence-electron chi connectivity index (χ2n) is 8.95. The molecule has 2 aromatic carbocycles. The molecule has 0 bridgehead atoms. The number of amides is 1. The van der Waals surface area contributed by atoms with Crippen LogP contribution in [0, 0.1) is 19.3 Å². The van der Waals surface area contributed by atoms with Crippen molar-refractivity contribution < 1.29 is 4.79 Å². The highest BCUT2D eigenvalue weighted by Crippen LogP contribution is 2.25. The van der Waals surface area contributed by atoms with E-state index < -0.39 is 5.41 Å². The van der Waals surface area contributed by atoms with Crippen molar-refractivity contribution in [2.75, 3.05) is 23.3 Å². The maximum atomic E-state index is 12.2. The van der Waals surface area contributed by atoms with Gasteiger partial charge in [-0.25, -0.2) is 0 Å². The Balaban J connectivity index is 1.87. The van der Waals surface area contributed by atoms with Crippen LogP contribution in [-0.2, 0) is 4.79 Å². The fourth-order valence-electron chi connectivity index (χ4n) is 3.40. The Morgan fingerprint density at radius 2 is 1.66 bits per heavy atom. The molecular weight excluding hydrogens is 420 g/mol. The predicted molar refractivity (Wildman–Crippen MR) is 136 cm³/mol. The van der Waals surface area contributed by atoms with Gasteiger partial charge in [-0.2, -0.15) is 4.80 Å². The molecule has 3 aromatic rings. The third kappa shape index (κ3) is 5.07. The third-order valence-corrected chi connectivity index (χ3v) is 5.61. The lowest BCUT2D eigenvalue weighted by Gasteiger charge is -2.22. The summed E-state index contributed by atoms with van der Waals surface area (Å²) in [5.74, 6) is -0.136. The van der Waals surface area contributed by atoms with Crippen LogP contribution in [0.3, 0.4) is 0 Å². The van der Waals surface area contributed by atoms with Crippen LogP contribution in [0.15, 0.2) is 30.3 Å². The van der Waals surface area contributed by atoms with Crippen LogP contribution in [0.25, 0.3) is 16.7 Å². The smallest absolute Gasteiger partial charge is 0.231 e. The summed E-state index contributed by atoms with van der Waals surface area (Å²) in [5.41, 5.74) is 6.02. The van der Waals surface area contributed by atoms with Gasteiger partial charge in [-0.15, -0.1) is 10.2 Å². The summed E-state index contributed by atoms with van der Waals surface area (Å²) < 4.78 is 0. The average molecular weight is 453 g/mol. The first kappa shape index (κ1) is 23.7. The summed E-state index contributed by atoms with van der Waals surface area (Å²) in [6.45, 7) is 15.8. The normalized spacial score (nSPS) is 11.5. The molecule has 0 fully saturated rings. The van der Waals surface area contributed by atoms with Crippen molar-refractivity contribution in [3.05, 3.63) is 41.5 Å². The van der Waals surface area contributed by atoms with E-state index in [4.69, 9.17) is 12.2 Å².